The van der Waals surface area contributed by atoms with Gasteiger partial charge in [-0.2, -0.15) is 0 Å². The van der Waals surface area contributed by atoms with Gasteiger partial charge in [-0.25, -0.2) is 0 Å². The van der Waals surface area contributed by atoms with Crippen molar-refractivity contribution in [2.75, 3.05) is 27.8 Å². The van der Waals surface area contributed by atoms with E-state index in [1.165, 1.54) is 18.2 Å². The molecule has 29 heavy (non-hydrogen) atoms. The van der Waals surface area contributed by atoms with Crippen LogP contribution in [0.2, 0.25) is 0 Å². The van der Waals surface area contributed by atoms with Gasteiger partial charge in [0.1, 0.15) is 5.75 Å². The van der Waals surface area contributed by atoms with Gasteiger partial charge >= 0.3 is 5.97 Å². The summed E-state index contributed by atoms with van der Waals surface area (Å²) in [5, 5.41) is 0. The first-order chi connectivity index (χ1) is 14.0. The molecule has 2 aromatic rings. The number of likely N-dealkylation sites (tertiary alicyclic amines) is 1. The average Bonchev–Trinajstić information content (AvgIpc) is 2.76. The molecule has 0 bridgehead atoms. The van der Waals surface area contributed by atoms with Crippen molar-refractivity contribution in [3.63, 3.8) is 0 Å². The van der Waals surface area contributed by atoms with Crippen LogP contribution in [0.1, 0.15) is 17.5 Å². The van der Waals surface area contributed by atoms with E-state index in [9.17, 15) is 9.00 Å². The van der Waals surface area contributed by atoms with Crippen LogP contribution in [0.15, 0.2) is 53.4 Å². The van der Waals surface area contributed by atoms with Crippen molar-refractivity contribution in [3.8, 4) is 5.75 Å². The lowest BCUT2D eigenvalue weighted by Crippen LogP contribution is -2.62. The van der Waals surface area contributed by atoms with Gasteiger partial charge in [-0.15, -0.1) is 0 Å². The smallest absolute Gasteiger partial charge is 0.326 e. The van der Waals surface area contributed by atoms with Crippen molar-refractivity contribution in [2.45, 2.75) is 34.9 Å². The number of hydrogen-bond donors (Lipinski definition) is 0. The Hall–Kier alpha value is -2.18. The highest BCUT2D eigenvalue weighted by Gasteiger charge is 2.54. The van der Waals surface area contributed by atoms with Crippen LogP contribution in [-0.4, -0.2) is 53.7 Å². The summed E-state index contributed by atoms with van der Waals surface area (Å²) in [6.07, 6.45) is 2.25. The van der Waals surface area contributed by atoms with E-state index < -0.39 is 21.5 Å². The van der Waals surface area contributed by atoms with Crippen LogP contribution in [0.4, 0.5) is 0 Å². The molecule has 1 aliphatic heterocycles. The van der Waals surface area contributed by atoms with E-state index in [0.717, 1.165) is 18.6 Å². The number of carbonyl (C=O) groups is 1. The van der Waals surface area contributed by atoms with Crippen molar-refractivity contribution < 1.29 is 18.5 Å². The minimum absolute atomic E-state index is 0.198. The minimum Gasteiger partial charge on any atom is -0.496 e. The summed E-state index contributed by atoms with van der Waals surface area (Å²) < 4.78 is 23.4. The van der Waals surface area contributed by atoms with Crippen LogP contribution < -0.4 is 4.74 Å². The van der Waals surface area contributed by atoms with E-state index in [-0.39, 0.29) is 5.92 Å². The SMILES string of the molecule is COC(=O)[C@@]1(S(=O)c2ccccc2)C[C@@H]2Cc3c(cccc3OC)C[C@H]2N(C)C1. The van der Waals surface area contributed by atoms with Crippen LogP contribution in [-0.2, 0) is 33.2 Å². The molecule has 1 heterocycles. The van der Waals surface area contributed by atoms with Gasteiger partial charge in [0.15, 0.2) is 4.75 Å². The zero-order valence-electron chi connectivity index (χ0n) is 17.1. The number of rotatable bonds is 4. The van der Waals surface area contributed by atoms with Crippen molar-refractivity contribution in [1.29, 1.82) is 0 Å². The molecule has 0 N–H and O–H groups in total. The second kappa shape index (κ2) is 7.92. The molecule has 1 aliphatic carbocycles. The normalized spacial score (nSPS) is 27.4. The molecule has 0 radical (unpaired) electrons. The molecule has 0 saturated carbocycles. The van der Waals surface area contributed by atoms with Gasteiger partial charge in [-0.3, -0.25) is 9.00 Å². The average molecular weight is 414 g/mol. The van der Waals surface area contributed by atoms with Gasteiger partial charge in [0.05, 0.1) is 25.0 Å². The molecule has 1 unspecified atom stereocenters. The van der Waals surface area contributed by atoms with Gasteiger partial charge in [-0.1, -0.05) is 30.3 Å². The number of methoxy groups -OCH3 is 2. The molecule has 0 spiro atoms. The Balaban J connectivity index is 1.73. The summed E-state index contributed by atoms with van der Waals surface area (Å²) in [6, 6.07) is 15.7. The molecular formula is C23H27NO4S. The second-order valence-corrected chi connectivity index (χ2v) is 9.81. The molecule has 4 atom stereocenters. The number of likely N-dealkylation sites (N-methyl/N-ethyl adjacent to an activating group) is 1. The Bertz CT molecular complexity index is 932. The quantitative estimate of drug-likeness (QED) is 0.722. The fraction of sp³-hybridized carbons (Fsp3) is 0.435. The van der Waals surface area contributed by atoms with Gasteiger partial charge in [0.2, 0.25) is 0 Å². The Morgan fingerprint density at radius 2 is 1.86 bits per heavy atom. The van der Waals surface area contributed by atoms with Gasteiger partial charge in [-0.05, 0) is 61.6 Å². The topological polar surface area (TPSA) is 55.8 Å². The number of hydrogen-bond acceptors (Lipinski definition) is 5. The number of esters is 1. The maximum Gasteiger partial charge on any atom is 0.326 e. The lowest BCUT2D eigenvalue weighted by atomic mass is 9.72. The van der Waals surface area contributed by atoms with E-state index in [0.29, 0.717) is 23.9 Å². The third-order valence-corrected chi connectivity index (χ3v) is 8.29. The number of nitrogens with zero attached hydrogens (tertiary/aromatic N) is 1. The Morgan fingerprint density at radius 3 is 2.55 bits per heavy atom. The number of piperidine rings is 1. The lowest BCUT2D eigenvalue weighted by molar-refractivity contribution is -0.146. The summed E-state index contributed by atoms with van der Waals surface area (Å²) in [5.74, 6) is 0.696. The van der Waals surface area contributed by atoms with E-state index in [1.54, 1.807) is 7.11 Å². The molecule has 2 aromatic carbocycles. The highest BCUT2D eigenvalue weighted by molar-refractivity contribution is 7.87. The number of carbonyl (C=O) groups excluding carboxylic acids is 1. The molecule has 5 nitrogen and oxygen atoms in total. The molecule has 0 aromatic heterocycles. The van der Waals surface area contributed by atoms with E-state index >= 15 is 0 Å². The molecule has 1 fully saturated rings. The van der Waals surface area contributed by atoms with Gasteiger partial charge < -0.3 is 14.4 Å². The van der Waals surface area contributed by atoms with Crippen molar-refractivity contribution >= 4 is 16.8 Å². The predicted octanol–water partition coefficient (Wildman–Crippen LogP) is 2.83. The van der Waals surface area contributed by atoms with Crippen molar-refractivity contribution in [3.05, 3.63) is 59.7 Å². The number of benzene rings is 2. The summed E-state index contributed by atoms with van der Waals surface area (Å²) >= 11 is 0. The largest absolute Gasteiger partial charge is 0.496 e. The molecule has 6 heteroatoms. The highest BCUT2D eigenvalue weighted by atomic mass is 32.2. The summed E-state index contributed by atoms with van der Waals surface area (Å²) in [4.78, 5) is 15.9. The van der Waals surface area contributed by atoms with Crippen LogP contribution in [0, 0.1) is 5.92 Å². The Kier molecular flexibility index (Phi) is 5.49. The fourth-order valence-corrected chi connectivity index (χ4v) is 6.84. The first-order valence-corrected chi connectivity index (χ1v) is 11.1. The molecule has 1 saturated heterocycles. The third-order valence-electron chi connectivity index (χ3n) is 6.42. The summed E-state index contributed by atoms with van der Waals surface area (Å²) in [6.45, 7) is 0.418. The molecule has 2 aliphatic rings. The monoisotopic (exact) mass is 413 g/mol. The zero-order valence-corrected chi connectivity index (χ0v) is 17.9. The highest BCUT2D eigenvalue weighted by Crippen LogP contribution is 2.44. The van der Waals surface area contributed by atoms with E-state index in [2.05, 4.69) is 11.0 Å². The minimum atomic E-state index is -1.51. The van der Waals surface area contributed by atoms with Crippen LogP contribution in [0.25, 0.3) is 0 Å². The van der Waals surface area contributed by atoms with Gasteiger partial charge in [0.25, 0.3) is 0 Å². The standard InChI is InChI=1S/C23H27NO4S/c1-24-15-23(22(25)28-3,29(26)18-9-5-4-6-10-18)14-17-12-19-16(13-20(17)24)8-7-11-21(19)27-2/h4-11,17,20H,12-15H2,1-3H3/t17-,20+,23+,29?/m0/s1. The molecule has 154 valence electrons. The van der Waals surface area contributed by atoms with Crippen LogP contribution in [0.3, 0.4) is 0 Å². The summed E-state index contributed by atoms with van der Waals surface area (Å²) in [5.41, 5.74) is 2.50. The van der Waals surface area contributed by atoms with Crippen molar-refractivity contribution in [2.24, 2.45) is 5.92 Å². The van der Waals surface area contributed by atoms with E-state index in [4.69, 9.17) is 9.47 Å². The summed E-state index contributed by atoms with van der Waals surface area (Å²) in [7, 11) is 3.60. The Labute approximate surface area is 174 Å². The first-order valence-electron chi connectivity index (χ1n) is 9.90. The third kappa shape index (κ3) is 3.38. The van der Waals surface area contributed by atoms with Gasteiger partial charge in [0, 0.05) is 17.5 Å². The fourth-order valence-electron chi connectivity index (χ4n) is 5.06. The molecule has 0 amide bonds. The first kappa shape index (κ1) is 20.1. The second-order valence-electron chi connectivity index (χ2n) is 8.02. The van der Waals surface area contributed by atoms with Crippen LogP contribution >= 0.6 is 0 Å². The Morgan fingerprint density at radius 1 is 1.10 bits per heavy atom. The maximum atomic E-state index is 13.7. The lowest BCUT2D eigenvalue weighted by Gasteiger charge is -2.49. The molecule has 4 rings (SSSR count). The molecular weight excluding hydrogens is 386 g/mol. The van der Waals surface area contributed by atoms with Crippen molar-refractivity contribution in [1.82, 2.24) is 4.90 Å². The predicted molar refractivity (Wildman–Crippen MR) is 113 cm³/mol. The van der Waals surface area contributed by atoms with Crippen LogP contribution in [0.5, 0.6) is 5.75 Å². The maximum absolute atomic E-state index is 13.7. The zero-order chi connectivity index (χ0) is 20.6. The number of fused-ring (bicyclic) bond motifs is 2. The van der Waals surface area contributed by atoms with E-state index in [1.807, 2.05) is 49.5 Å². The number of ether oxygens (including phenoxy) is 2.